The van der Waals surface area contributed by atoms with Gasteiger partial charge in [0.05, 0.1) is 0 Å². The van der Waals surface area contributed by atoms with Crippen molar-refractivity contribution >= 4 is 5.69 Å². The van der Waals surface area contributed by atoms with Gasteiger partial charge in [0.1, 0.15) is 0 Å². The third-order valence-corrected chi connectivity index (χ3v) is 3.80. The van der Waals surface area contributed by atoms with Crippen molar-refractivity contribution in [2.75, 3.05) is 25.0 Å². The highest BCUT2D eigenvalue weighted by Crippen LogP contribution is 2.36. The molecule has 0 spiro atoms. The van der Waals surface area contributed by atoms with E-state index < -0.39 is 0 Å². The number of nitrogens with one attached hydrogen (secondary N) is 1. The zero-order chi connectivity index (χ0) is 12.5. The summed E-state index contributed by atoms with van der Waals surface area (Å²) in [5, 5.41) is 3.30. The predicted molar refractivity (Wildman–Crippen MR) is 74.6 cm³/mol. The fraction of sp³-hybridized carbons (Fsp3) is 0.600. The lowest BCUT2D eigenvalue weighted by Gasteiger charge is -2.33. The molecule has 1 aromatic rings. The van der Waals surface area contributed by atoms with Gasteiger partial charge in [0.2, 0.25) is 0 Å². The molecule has 17 heavy (non-hydrogen) atoms. The third-order valence-electron chi connectivity index (χ3n) is 3.80. The first-order valence-corrected chi connectivity index (χ1v) is 6.52. The minimum Gasteiger partial charge on any atom is -0.366 e. The summed E-state index contributed by atoms with van der Waals surface area (Å²) in [5.74, 6) is 0.760. The van der Waals surface area contributed by atoms with Crippen molar-refractivity contribution in [2.45, 2.75) is 32.7 Å². The number of nitrogens with zero attached hydrogens (tertiary/aromatic N) is 1. The van der Waals surface area contributed by atoms with Crippen molar-refractivity contribution in [3.05, 3.63) is 29.8 Å². The Labute approximate surface area is 105 Å². The van der Waals surface area contributed by atoms with Crippen LogP contribution in [0.25, 0.3) is 0 Å². The first-order valence-electron chi connectivity index (χ1n) is 6.52. The van der Waals surface area contributed by atoms with Crippen LogP contribution in [0.2, 0.25) is 0 Å². The summed E-state index contributed by atoms with van der Waals surface area (Å²) in [6.07, 6.45) is 1.27. The number of anilines is 1. The third kappa shape index (κ3) is 2.63. The molecule has 2 nitrogen and oxygen atoms in total. The molecule has 1 aromatic carbocycles. The summed E-state index contributed by atoms with van der Waals surface area (Å²) in [4.78, 5) is 2.55. The lowest BCUT2D eigenvalue weighted by molar-refractivity contribution is 0.462. The van der Waals surface area contributed by atoms with E-state index in [1.807, 2.05) is 7.05 Å². The summed E-state index contributed by atoms with van der Waals surface area (Å²) < 4.78 is 0. The van der Waals surface area contributed by atoms with Gasteiger partial charge in [-0.05, 0) is 58.8 Å². The zero-order valence-electron chi connectivity index (χ0n) is 11.5. The van der Waals surface area contributed by atoms with Crippen molar-refractivity contribution in [1.82, 2.24) is 5.32 Å². The molecule has 1 heterocycles. The highest BCUT2D eigenvalue weighted by Gasteiger charge is 2.37. The summed E-state index contributed by atoms with van der Waals surface area (Å²) in [5.41, 5.74) is 2.97. The molecule has 2 rings (SSSR count). The monoisotopic (exact) mass is 232 g/mol. The molecule has 94 valence electrons. The lowest BCUT2D eigenvalue weighted by atomic mass is 9.96. The number of benzene rings is 1. The standard InChI is InChI=1S/C15H24N2/c1-12-5-7-14(8-6-12)17-11-13(10-16-4)9-15(17,2)3/h5-8,13,16H,9-11H2,1-4H3. The smallest absolute Gasteiger partial charge is 0.0370 e. The molecule has 1 aliphatic heterocycles. The van der Waals surface area contributed by atoms with Gasteiger partial charge < -0.3 is 10.2 Å². The summed E-state index contributed by atoms with van der Waals surface area (Å²) >= 11 is 0. The van der Waals surface area contributed by atoms with Gasteiger partial charge in [-0.15, -0.1) is 0 Å². The predicted octanol–water partition coefficient (Wildman–Crippen LogP) is 2.82. The van der Waals surface area contributed by atoms with Crippen molar-refractivity contribution in [3.8, 4) is 0 Å². The highest BCUT2D eigenvalue weighted by atomic mass is 15.2. The Morgan fingerprint density at radius 3 is 2.53 bits per heavy atom. The Morgan fingerprint density at radius 1 is 1.29 bits per heavy atom. The van der Waals surface area contributed by atoms with E-state index in [1.54, 1.807) is 0 Å². The lowest BCUT2D eigenvalue weighted by Crippen LogP contribution is -2.38. The van der Waals surface area contributed by atoms with Crippen molar-refractivity contribution < 1.29 is 0 Å². The van der Waals surface area contributed by atoms with Crippen LogP contribution in [-0.4, -0.2) is 25.7 Å². The fourth-order valence-electron chi connectivity index (χ4n) is 2.99. The molecule has 1 fully saturated rings. The van der Waals surface area contributed by atoms with Crippen LogP contribution in [0.15, 0.2) is 24.3 Å². The van der Waals surface area contributed by atoms with Crippen LogP contribution in [0.3, 0.4) is 0 Å². The molecule has 1 saturated heterocycles. The maximum absolute atomic E-state index is 3.30. The van der Waals surface area contributed by atoms with Gasteiger partial charge in [0.15, 0.2) is 0 Å². The van der Waals surface area contributed by atoms with Crippen LogP contribution < -0.4 is 10.2 Å². The zero-order valence-corrected chi connectivity index (χ0v) is 11.5. The van der Waals surface area contributed by atoms with E-state index in [4.69, 9.17) is 0 Å². The van der Waals surface area contributed by atoms with Gasteiger partial charge in [0, 0.05) is 17.8 Å². The van der Waals surface area contributed by atoms with E-state index in [9.17, 15) is 0 Å². The van der Waals surface area contributed by atoms with Crippen molar-refractivity contribution in [2.24, 2.45) is 5.92 Å². The molecule has 1 N–H and O–H groups in total. The largest absolute Gasteiger partial charge is 0.366 e. The SMILES string of the molecule is CNCC1CN(c2ccc(C)cc2)C(C)(C)C1. The van der Waals surface area contributed by atoms with Crippen LogP contribution in [0.1, 0.15) is 25.8 Å². The Morgan fingerprint density at radius 2 is 1.94 bits per heavy atom. The summed E-state index contributed by atoms with van der Waals surface area (Å²) in [6.45, 7) is 9.12. The number of hydrogen-bond acceptors (Lipinski definition) is 2. The Balaban J connectivity index is 2.17. The van der Waals surface area contributed by atoms with Gasteiger partial charge in [-0.1, -0.05) is 17.7 Å². The Kier molecular flexibility index (Phi) is 3.43. The number of hydrogen-bond donors (Lipinski definition) is 1. The maximum Gasteiger partial charge on any atom is 0.0370 e. The summed E-state index contributed by atoms with van der Waals surface area (Å²) in [6, 6.07) is 8.91. The van der Waals surface area contributed by atoms with Crippen LogP contribution >= 0.6 is 0 Å². The van der Waals surface area contributed by atoms with Crippen LogP contribution in [0, 0.1) is 12.8 Å². The molecule has 0 bridgehead atoms. The second-order valence-electron chi connectivity index (χ2n) is 5.89. The maximum atomic E-state index is 3.30. The van der Waals surface area contributed by atoms with E-state index in [0.29, 0.717) is 0 Å². The molecule has 1 unspecified atom stereocenters. The van der Waals surface area contributed by atoms with Crippen molar-refractivity contribution in [1.29, 1.82) is 0 Å². The van der Waals surface area contributed by atoms with Gasteiger partial charge in [-0.2, -0.15) is 0 Å². The second-order valence-corrected chi connectivity index (χ2v) is 5.89. The molecule has 0 saturated carbocycles. The Bertz CT molecular complexity index is 367. The topological polar surface area (TPSA) is 15.3 Å². The first-order chi connectivity index (χ1) is 8.03. The van der Waals surface area contributed by atoms with Crippen molar-refractivity contribution in [3.63, 3.8) is 0 Å². The van der Waals surface area contributed by atoms with Gasteiger partial charge >= 0.3 is 0 Å². The molecule has 0 amide bonds. The number of aryl methyl sites for hydroxylation is 1. The molecule has 2 heteroatoms. The van der Waals surface area contributed by atoms with Gasteiger partial charge in [-0.25, -0.2) is 0 Å². The molecular weight excluding hydrogens is 208 g/mol. The average molecular weight is 232 g/mol. The molecule has 0 aromatic heterocycles. The molecule has 1 atom stereocenters. The van der Waals surface area contributed by atoms with E-state index in [-0.39, 0.29) is 5.54 Å². The van der Waals surface area contributed by atoms with E-state index in [2.05, 4.69) is 55.3 Å². The van der Waals surface area contributed by atoms with E-state index in [1.165, 1.54) is 17.7 Å². The van der Waals surface area contributed by atoms with E-state index in [0.717, 1.165) is 19.0 Å². The normalized spacial score (nSPS) is 23.1. The minimum atomic E-state index is 0.275. The molecule has 0 aliphatic carbocycles. The quantitative estimate of drug-likeness (QED) is 0.862. The van der Waals surface area contributed by atoms with Gasteiger partial charge in [0.25, 0.3) is 0 Å². The van der Waals surface area contributed by atoms with Gasteiger partial charge in [-0.3, -0.25) is 0 Å². The Hall–Kier alpha value is -1.02. The minimum absolute atomic E-state index is 0.275. The fourth-order valence-corrected chi connectivity index (χ4v) is 2.99. The molecular formula is C15H24N2. The molecule has 0 radical (unpaired) electrons. The molecule has 1 aliphatic rings. The van der Waals surface area contributed by atoms with Crippen LogP contribution in [0.4, 0.5) is 5.69 Å². The first kappa shape index (κ1) is 12.4. The average Bonchev–Trinajstić information content (AvgIpc) is 2.55. The number of rotatable bonds is 3. The highest BCUT2D eigenvalue weighted by molar-refractivity contribution is 5.51. The summed E-state index contributed by atoms with van der Waals surface area (Å²) in [7, 11) is 2.04. The second kappa shape index (κ2) is 4.69. The van der Waals surface area contributed by atoms with Crippen LogP contribution in [-0.2, 0) is 0 Å². The van der Waals surface area contributed by atoms with E-state index >= 15 is 0 Å². The van der Waals surface area contributed by atoms with Crippen LogP contribution in [0.5, 0.6) is 0 Å².